The van der Waals surface area contributed by atoms with Gasteiger partial charge in [-0.2, -0.15) is 0 Å². The number of hydrogen-bond donors (Lipinski definition) is 2. The van der Waals surface area contributed by atoms with Crippen molar-refractivity contribution in [1.82, 2.24) is 0 Å². The standard InChI is InChI=1S/C14H18N2O3/c1-10(16-18)11-5-7-12(8-6-11)15-14(17)13-4-2-3-9-19-13/h5-8,13,18H,2-4,9H2,1H3,(H,15,17). The zero-order valence-electron chi connectivity index (χ0n) is 10.9. The van der Waals surface area contributed by atoms with Crippen LogP contribution in [0.3, 0.4) is 0 Å². The molecule has 0 bridgehead atoms. The summed E-state index contributed by atoms with van der Waals surface area (Å²) in [6, 6.07) is 7.16. The quantitative estimate of drug-likeness (QED) is 0.499. The van der Waals surface area contributed by atoms with E-state index in [1.165, 1.54) is 0 Å². The molecule has 5 nitrogen and oxygen atoms in total. The van der Waals surface area contributed by atoms with E-state index in [-0.39, 0.29) is 12.0 Å². The summed E-state index contributed by atoms with van der Waals surface area (Å²) in [5.41, 5.74) is 2.07. The van der Waals surface area contributed by atoms with Crippen LogP contribution in [-0.4, -0.2) is 29.5 Å². The summed E-state index contributed by atoms with van der Waals surface area (Å²) in [6.45, 7) is 2.37. The lowest BCUT2D eigenvalue weighted by Gasteiger charge is -2.21. The van der Waals surface area contributed by atoms with Crippen LogP contribution in [0.2, 0.25) is 0 Å². The Morgan fingerprint density at radius 3 is 2.68 bits per heavy atom. The summed E-state index contributed by atoms with van der Waals surface area (Å²) in [4.78, 5) is 11.9. The summed E-state index contributed by atoms with van der Waals surface area (Å²) in [5.74, 6) is -0.0972. The highest BCUT2D eigenvalue weighted by Crippen LogP contribution is 2.16. The first-order chi connectivity index (χ1) is 9.20. The van der Waals surface area contributed by atoms with Gasteiger partial charge < -0.3 is 15.3 Å². The van der Waals surface area contributed by atoms with Crippen LogP contribution >= 0.6 is 0 Å². The molecule has 1 fully saturated rings. The van der Waals surface area contributed by atoms with E-state index in [1.54, 1.807) is 31.2 Å². The van der Waals surface area contributed by atoms with Gasteiger partial charge in [-0.1, -0.05) is 17.3 Å². The Bertz CT molecular complexity index is 462. The molecular weight excluding hydrogens is 244 g/mol. The molecule has 1 heterocycles. The van der Waals surface area contributed by atoms with E-state index < -0.39 is 0 Å². The number of ether oxygens (including phenoxy) is 1. The van der Waals surface area contributed by atoms with Crippen LogP contribution in [0.4, 0.5) is 5.69 Å². The Kier molecular flexibility index (Phi) is 4.52. The maximum absolute atomic E-state index is 11.9. The molecule has 1 aliphatic heterocycles. The molecule has 0 spiro atoms. The largest absolute Gasteiger partial charge is 0.411 e. The summed E-state index contributed by atoms with van der Waals surface area (Å²) in [7, 11) is 0. The molecule has 0 aliphatic carbocycles. The van der Waals surface area contributed by atoms with Gasteiger partial charge in [0.1, 0.15) is 6.10 Å². The molecule has 2 rings (SSSR count). The number of nitrogens with one attached hydrogen (secondary N) is 1. The SMILES string of the molecule is CC(=NO)c1ccc(NC(=O)C2CCCCO2)cc1. The molecule has 1 aromatic rings. The molecule has 5 heteroatoms. The van der Waals surface area contributed by atoms with Crippen molar-refractivity contribution < 1.29 is 14.7 Å². The second kappa shape index (κ2) is 6.33. The van der Waals surface area contributed by atoms with Gasteiger partial charge in [0.25, 0.3) is 5.91 Å². The van der Waals surface area contributed by atoms with Gasteiger partial charge in [0.15, 0.2) is 0 Å². The van der Waals surface area contributed by atoms with E-state index in [4.69, 9.17) is 9.94 Å². The first-order valence-corrected chi connectivity index (χ1v) is 6.42. The van der Waals surface area contributed by atoms with Crippen molar-refractivity contribution in [2.24, 2.45) is 5.16 Å². The van der Waals surface area contributed by atoms with Gasteiger partial charge in [-0.15, -0.1) is 0 Å². The summed E-state index contributed by atoms with van der Waals surface area (Å²) in [6.07, 6.45) is 2.50. The van der Waals surface area contributed by atoms with E-state index in [9.17, 15) is 4.79 Å². The number of nitrogens with zero attached hydrogens (tertiary/aromatic N) is 1. The smallest absolute Gasteiger partial charge is 0.253 e. The normalized spacial score (nSPS) is 20.1. The molecule has 19 heavy (non-hydrogen) atoms. The third kappa shape index (κ3) is 3.54. The second-order valence-corrected chi connectivity index (χ2v) is 4.61. The van der Waals surface area contributed by atoms with E-state index in [1.807, 2.05) is 0 Å². The second-order valence-electron chi connectivity index (χ2n) is 4.61. The van der Waals surface area contributed by atoms with Gasteiger partial charge in [0, 0.05) is 12.3 Å². The number of carbonyl (C=O) groups excluding carboxylic acids is 1. The zero-order valence-corrected chi connectivity index (χ0v) is 10.9. The number of benzene rings is 1. The van der Waals surface area contributed by atoms with Gasteiger partial charge >= 0.3 is 0 Å². The molecule has 1 unspecified atom stereocenters. The summed E-state index contributed by atoms with van der Waals surface area (Å²) >= 11 is 0. The van der Waals surface area contributed by atoms with Crippen LogP contribution in [0.5, 0.6) is 0 Å². The fourth-order valence-electron chi connectivity index (χ4n) is 2.02. The highest BCUT2D eigenvalue weighted by atomic mass is 16.5. The van der Waals surface area contributed by atoms with Crippen molar-refractivity contribution in [3.63, 3.8) is 0 Å². The number of amides is 1. The van der Waals surface area contributed by atoms with E-state index in [2.05, 4.69) is 10.5 Å². The van der Waals surface area contributed by atoms with Crippen molar-refractivity contribution in [2.75, 3.05) is 11.9 Å². The molecule has 1 saturated heterocycles. The Morgan fingerprint density at radius 1 is 1.37 bits per heavy atom. The minimum absolute atomic E-state index is 0.0972. The number of carbonyl (C=O) groups is 1. The van der Waals surface area contributed by atoms with E-state index in [0.29, 0.717) is 18.0 Å². The predicted octanol–water partition coefficient (Wildman–Crippen LogP) is 2.39. The van der Waals surface area contributed by atoms with Crippen LogP contribution in [0.15, 0.2) is 29.4 Å². The average molecular weight is 262 g/mol. The van der Waals surface area contributed by atoms with Crippen LogP contribution in [0, 0.1) is 0 Å². The first-order valence-electron chi connectivity index (χ1n) is 6.42. The Balaban J connectivity index is 1.97. The van der Waals surface area contributed by atoms with Gasteiger partial charge in [-0.25, -0.2) is 0 Å². The van der Waals surface area contributed by atoms with Crippen molar-refractivity contribution in [1.29, 1.82) is 0 Å². The van der Waals surface area contributed by atoms with Crippen molar-refractivity contribution in [2.45, 2.75) is 32.3 Å². The minimum Gasteiger partial charge on any atom is -0.411 e. The topological polar surface area (TPSA) is 70.9 Å². The van der Waals surface area contributed by atoms with Crippen LogP contribution < -0.4 is 5.32 Å². The number of rotatable bonds is 3. The maximum atomic E-state index is 11.9. The number of hydrogen-bond acceptors (Lipinski definition) is 4. The van der Waals surface area contributed by atoms with Gasteiger partial charge in [0.05, 0.1) is 5.71 Å². The number of anilines is 1. The molecule has 1 atom stereocenters. The molecule has 1 aliphatic rings. The molecule has 1 aromatic carbocycles. The molecule has 1 amide bonds. The zero-order chi connectivity index (χ0) is 13.7. The lowest BCUT2D eigenvalue weighted by molar-refractivity contribution is -0.129. The molecule has 0 saturated carbocycles. The van der Waals surface area contributed by atoms with Crippen molar-refractivity contribution >= 4 is 17.3 Å². The Hall–Kier alpha value is -1.88. The molecule has 102 valence electrons. The monoisotopic (exact) mass is 262 g/mol. The Morgan fingerprint density at radius 2 is 2.11 bits per heavy atom. The highest BCUT2D eigenvalue weighted by molar-refractivity contribution is 5.99. The van der Waals surface area contributed by atoms with Crippen LogP contribution in [0.1, 0.15) is 31.7 Å². The van der Waals surface area contributed by atoms with E-state index in [0.717, 1.165) is 24.8 Å². The number of oxime groups is 1. The highest BCUT2D eigenvalue weighted by Gasteiger charge is 2.21. The first kappa shape index (κ1) is 13.5. The third-order valence-electron chi connectivity index (χ3n) is 3.19. The third-order valence-corrected chi connectivity index (χ3v) is 3.19. The van der Waals surface area contributed by atoms with Crippen LogP contribution in [0.25, 0.3) is 0 Å². The maximum Gasteiger partial charge on any atom is 0.253 e. The van der Waals surface area contributed by atoms with Crippen molar-refractivity contribution in [3.05, 3.63) is 29.8 Å². The summed E-state index contributed by atoms with van der Waals surface area (Å²) in [5, 5.41) is 14.6. The summed E-state index contributed by atoms with van der Waals surface area (Å²) < 4.78 is 5.43. The lowest BCUT2D eigenvalue weighted by Crippen LogP contribution is -2.33. The average Bonchev–Trinajstić information content (AvgIpc) is 2.48. The van der Waals surface area contributed by atoms with E-state index >= 15 is 0 Å². The molecular formula is C14H18N2O3. The molecule has 0 aromatic heterocycles. The van der Waals surface area contributed by atoms with Gasteiger partial charge in [-0.05, 0) is 43.9 Å². The molecule has 2 N–H and O–H groups in total. The minimum atomic E-state index is -0.339. The lowest BCUT2D eigenvalue weighted by atomic mass is 10.1. The Labute approximate surface area is 112 Å². The van der Waals surface area contributed by atoms with Crippen molar-refractivity contribution in [3.8, 4) is 0 Å². The van der Waals surface area contributed by atoms with Gasteiger partial charge in [0.2, 0.25) is 0 Å². The fourth-order valence-corrected chi connectivity index (χ4v) is 2.02. The molecule has 0 radical (unpaired) electrons. The van der Waals surface area contributed by atoms with Gasteiger partial charge in [-0.3, -0.25) is 4.79 Å². The fraction of sp³-hybridized carbons (Fsp3) is 0.429. The van der Waals surface area contributed by atoms with Crippen LogP contribution in [-0.2, 0) is 9.53 Å². The predicted molar refractivity (Wildman–Crippen MR) is 72.7 cm³/mol.